The van der Waals surface area contributed by atoms with Crippen LogP contribution in [-0.4, -0.2) is 29.3 Å². The Morgan fingerprint density at radius 1 is 1.50 bits per heavy atom. The van der Waals surface area contributed by atoms with Gasteiger partial charge in [-0.1, -0.05) is 13.8 Å². The van der Waals surface area contributed by atoms with Gasteiger partial charge in [-0.15, -0.1) is 11.3 Å². The lowest BCUT2D eigenvalue weighted by Gasteiger charge is -2.19. The van der Waals surface area contributed by atoms with Gasteiger partial charge in [0.15, 0.2) is 0 Å². The van der Waals surface area contributed by atoms with Crippen LogP contribution in [0.5, 0.6) is 0 Å². The fourth-order valence-electron chi connectivity index (χ4n) is 2.18. The van der Waals surface area contributed by atoms with Crippen molar-refractivity contribution in [1.29, 1.82) is 0 Å². The minimum absolute atomic E-state index is 0.378. The molecule has 0 amide bonds. The van der Waals surface area contributed by atoms with E-state index in [0.717, 1.165) is 43.2 Å². The molecule has 0 spiro atoms. The number of aromatic carboxylic acids is 1. The van der Waals surface area contributed by atoms with Crippen molar-refractivity contribution >= 4 is 17.3 Å². The number of carboxylic acids is 1. The van der Waals surface area contributed by atoms with E-state index in [9.17, 15) is 9.90 Å². The maximum absolute atomic E-state index is 11.2. The lowest BCUT2D eigenvalue weighted by atomic mass is 10.0. The predicted molar refractivity (Wildman–Crippen MR) is 70.4 cm³/mol. The SMILES string of the molecule is CC(C)Cc1nc(C2CCOCC2)sc1C(=O)O. The molecule has 1 aliphatic heterocycles. The van der Waals surface area contributed by atoms with Crippen molar-refractivity contribution in [3.8, 4) is 0 Å². The van der Waals surface area contributed by atoms with Gasteiger partial charge in [-0.3, -0.25) is 0 Å². The number of nitrogens with zero attached hydrogens (tertiary/aromatic N) is 1. The number of carboxylic acid groups (broad SMARTS) is 1. The molecular weight excluding hydrogens is 250 g/mol. The molecule has 1 aliphatic rings. The summed E-state index contributed by atoms with van der Waals surface area (Å²) in [6.07, 6.45) is 2.64. The molecule has 1 N–H and O–H groups in total. The molecule has 0 radical (unpaired) electrons. The number of aromatic nitrogens is 1. The topological polar surface area (TPSA) is 59.4 Å². The van der Waals surface area contributed by atoms with Gasteiger partial charge in [-0.2, -0.15) is 0 Å². The van der Waals surface area contributed by atoms with Crippen molar-refractivity contribution in [2.75, 3.05) is 13.2 Å². The molecule has 1 aromatic heterocycles. The zero-order valence-electron chi connectivity index (χ0n) is 10.8. The molecule has 1 aromatic rings. The molecule has 0 bridgehead atoms. The van der Waals surface area contributed by atoms with Crippen LogP contribution in [0.1, 0.15) is 53.0 Å². The van der Waals surface area contributed by atoms with Gasteiger partial charge in [0.2, 0.25) is 0 Å². The lowest BCUT2D eigenvalue weighted by Crippen LogP contribution is -2.14. The van der Waals surface area contributed by atoms with Gasteiger partial charge in [0.05, 0.1) is 10.7 Å². The fraction of sp³-hybridized carbons (Fsp3) is 0.692. The Hall–Kier alpha value is -0.940. The van der Waals surface area contributed by atoms with Crippen LogP contribution in [0.15, 0.2) is 0 Å². The normalized spacial score (nSPS) is 17.3. The van der Waals surface area contributed by atoms with Crippen molar-refractivity contribution in [3.05, 3.63) is 15.6 Å². The number of hydrogen-bond donors (Lipinski definition) is 1. The average molecular weight is 269 g/mol. The molecule has 4 nitrogen and oxygen atoms in total. The summed E-state index contributed by atoms with van der Waals surface area (Å²) < 4.78 is 5.33. The molecule has 2 rings (SSSR count). The first-order chi connectivity index (χ1) is 8.58. The van der Waals surface area contributed by atoms with Crippen molar-refractivity contribution < 1.29 is 14.6 Å². The van der Waals surface area contributed by atoms with Gasteiger partial charge < -0.3 is 9.84 Å². The summed E-state index contributed by atoms with van der Waals surface area (Å²) in [5, 5.41) is 10.2. The van der Waals surface area contributed by atoms with E-state index in [2.05, 4.69) is 18.8 Å². The van der Waals surface area contributed by atoms with Crippen molar-refractivity contribution in [3.63, 3.8) is 0 Å². The Balaban J connectivity index is 2.23. The van der Waals surface area contributed by atoms with Crippen LogP contribution in [0.2, 0.25) is 0 Å². The van der Waals surface area contributed by atoms with E-state index in [1.54, 1.807) is 0 Å². The highest BCUT2D eigenvalue weighted by Gasteiger charge is 2.24. The molecule has 0 aromatic carbocycles. The van der Waals surface area contributed by atoms with E-state index in [4.69, 9.17) is 4.74 Å². The molecule has 18 heavy (non-hydrogen) atoms. The third-order valence-corrected chi connectivity index (χ3v) is 4.33. The van der Waals surface area contributed by atoms with Crippen molar-refractivity contribution in [2.24, 2.45) is 5.92 Å². The van der Waals surface area contributed by atoms with Crippen LogP contribution in [0, 0.1) is 5.92 Å². The van der Waals surface area contributed by atoms with Gasteiger partial charge in [-0.25, -0.2) is 9.78 Å². The van der Waals surface area contributed by atoms with Crippen LogP contribution in [0.3, 0.4) is 0 Å². The summed E-state index contributed by atoms with van der Waals surface area (Å²) in [4.78, 5) is 16.2. The highest BCUT2D eigenvalue weighted by molar-refractivity contribution is 7.13. The zero-order chi connectivity index (χ0) is 13.1. The molecule has 0 aliphatic carbocycles. The van der Waals surface area contributed by atoms with Crippen LogP contribution in [0.4, 0.5) is 0 Å². The maximum atomic E-state index is 11.2. The van der Waals surface area contributed by atoms with E-state index >= 15 is 0 Å². The van der Waals surface area contributed by atoms with E-state index in [1.165, 1.54) is 11.3 Å². The summed E-state index contributed by atoms with van der Waals surface area (Å²) in [5.41, 5.74) is 0.754. The predicted octanol–water partition coefficient (Wildman–Crippen LogP) is 2.93. The van der Waals surface area contributed by atoms with E-state index < -0.39 is 5.97 Å². The van der Waals surface area contributed by atoms with Crippen LogP contribution >= 0.6 is 11.3 Å². The molecule has 1 fully saturated rings. The Kier molecular flexibility index (Phi) is 4.35. The second-order valence-corrected chi connectivity index (χ2v) is 6.15. The molecule has 0 atom stereocenters. The van der Waals surface area contributed by atoms with Crippen LogP contribution < -0.4 is 0 Å². The number of ether oxygens (including phenoxy) is 1. The van der Waals surface area contributed by atoms with Gasteiger partial charge in [0.25, 0.3) is 0 Å². The summed E-state index contributed by atoms with van der Waals surface area (Å²) in [7, 11) is 0. The monoisotopic (exact) mass is 269 g/mol. The largest absolute Gasteiger partial charge is 0.477 e. The van der Waals surface area contributed by atoms with Crippen LogP contribution in [0.25, 0.3) is 0 Å². The average Bonchev–Trinajstić information content (AvgIpc) is 2.73. The van der Waals surface area contributed by atoms with Gasteiger partial charge >= 0.3 is 5.97 Å². The van der Waals surface area contributed by atoms with E-state index in [0.29, 0.717) is 16.7 Å². The molecule has 0 unspecified atom stereocenters. The third-order valence-electron chi connectivity index (χ3n) is 3.08. The number of carbonyl (C=O) groups is 1. The molecule has 0 saturated carbocycles. The Bertz CT molecular complexity index is 422. The van der Waals surface area contributed by atoms with Gasteiger partial charge in [0.1, 0.15) is 4.88 Å². The number of rotatable bonds is 4. The van der Waals surface area contributed by atoms with Gasteiger partial charge in [0, 0.05) is 19.1 Å². The Morgan fingerprint density at radius 3 is 2.72 bits per heavy atom. The highest BCUT2D eigenvalue weighted by Crippen LogP contribution is 2.32. The minimum atomic E-state index is -0.846. The summed E-state index contributed by atoms with van der Waals surface area (Å²) in [6.45, 7) is 5.68. The third kappa shape index (κ3) is 3.09. The number of thiazole rings is 1. The molecule has 1 saturated heterocycles. The van der Waals surface area contributed by atoms with E-state index in [1.807, 2.05) is 0 Å². The van der Waals surface area contributed by atoms with Crippen molar-refractivity contribution in [1.82, 2.24) is 4.98 Å². The summed E-state index contributed by atoms with van der Waals surface area (Å²) in [5.74, 6) is -0.0445. The second kappa shape index (κ2) is 5.80. The van der Waals surface area contributed by atoms with E-state index in [-0.39, 0.29) is 0 Å². The first-order valence-electron chi connectivity index (χ1n) is 6.38. The quantitative estimate of drug-likeness (QED) is 0.913. The summed E-state index contributed by atoms with van der Waals surface area (Å²) >= 11 is 1.35. The Labute approximate surface area is 111 Å². The Morgan fingerprint density at radius 2 is 2.17 bits per heavy atom. The minimum Gasteiger partial charge on any atom is -0.477 e. The van der Waals surface area contributed by atoms with Crippen molar-refractivity contribution in [2.45, 2.75) is 39.0 Å². The zero-order valence-corrected chi connectivity index (χ0v) is 11.6. The molecular formula is C13H19NO3S. The van der Waals surface area contributed by atoms with Gasteiger partial charge in [-0.05, 0) is 25.2 Å². The summed E-state index contributed by atoms with van der Waals surface area (Å²) in [6, 6.07) is 0. The highest BCUT2D eigenvalue weighted by atomic mass is 32.1. The smallest absolute Gasteiger partial charge is 0.347 e. The molecule has 2 heterocycles. The standard InChI is InChI=1S/C13H19NO3S/c1-8(2)7-10-11(13(15)16)18-12(14-10)9-3-5-17-6-4-9/h8-9H,3-7H2,1-2H3,(H,15,16). The lowest BCUT2D eigenvalue weighted by molar-refractivity contribution is 0.0700. The first kappa shape index (κ1) is 13.5. The first-order valence-corrected chi connectivity index (χ1v) is 7.20. The van der Waals surface area contributed by atoms with Crippen LogP contribution in [-0.2, 0) is 11.2 Å². The number of hydrogen-bond acceptors (Lipinski definition) is 4. The second-order valence-electron chi connectivity index (χ2n) is 5.12. The maximum Gasteiger partial charge on any atom is 0.347 e. The molecule has 5 heteroatoms. The molecule has 100 valence electrons. The fourth-order valence-corrected chi connectivity index (χ4v) is 3.28.